The highest BCUT2D eigenvalue weighted by Gasteiger charge is 2.13. The molecule has 1 heterocycles. The molecular formula is C12H14N2O2. The highest BCUT2D eigenvalue weighted by Crippen LogP contribution is 2.36. The monoisotopic (exact) mass is 218 g/mol. The van der Waals surface area contributed by atoms with Gasteiger partial charge in [-0.15, -0.1) is 0 Å². The van der Waals surface area contributed by atoms with Gasteiger partial charge in [0.05, 0.1) is 19.8 Å². The first kappa shape index (κ1) is 10.5. The van der Waals surface area contributed by atoms with Gasteiger partial charge in [-0.25, -0.2) is 4.98 Å². The van der Waals surface area contributed by atoms with Crippen LogP contribution in [-0.4, -0.2) is 23.8 Å². The molecule has 1 aromatic heterocycles. The van der Waals surface area contributed by atoms with Crippen LogP contribution in [0, 0.1) is 0 Å². The Morgan fingerprint density at radius 3 is 2.56 bits per heavy atom. The van der Waals surface area contributed by atoms with Crippen molar-refractivity contribution in [3.05, 3.63) is 30.6 Å². The van der Waals surface area contributed by atoms with Gasteiger partial charge >= 0.3 is 0 Å². The van der Waals surface area contributed by atoms with Crippen molar-refractivity contribution in [2.45, 2.75) is 0 Å². The van der Waals surface area contributed by atoms with Crippen molar-refractivity contribution in [2.75, 3.05) is 14.2 Å². The minimum atomic E-state index is 0.708. The van der Waals surface area contributed by atoms with E-state index in [1.165, 1.54) is 0 Å². The molecule has 4 heteroatoms. The zero-order valence-corrected chi connectivity index (χ0v) is 9.60. The molecule has 0 radical (unpaired) electrons. The molecule has 0 fully saturated rings. The van der Waals surface area contributed by atoms with Crippen LogP contribution in [-0.2, 0) is 7.05 Å². The van der Waals surface area contributed by atoms with Crippen molar-refractivity contribution in [1.29, 1.82) is 0 Å². The van der Waals surface area contributed by atoms with E-state index in [1.807, 2.05) is 36.0 Å². The van der Waals surface area contributed by atoms with Gasteiger partial charge in [-0.3, -0.25) is 0 Å². The molecule has 0 amide bonds. The van der Waals surface area contributed by atoms with Gasteiger partial charge in [0.2, 0.25) is 0 Å². The number of hydrogen-bond acceptors (Lipinski definition) is 3. The van der Waals surface area contributed by atoms with E-state index in [0.717, 1.165) is 11.4 Å². The van der Waals surface area contributed by atoms with Crippen LogP contribution in [0.2, 0.25) is 0 Å². The number of ether oxygens (including phenoxy) is 2. The maximum atomic E-state index is 5.37. The summed E-state index contributed by atoms with van der Waals surface area (Å²) in [5, 5.41) is 0. The smallest absolute Gasteiger partial charge is 0.171 e. The van der Waals surface area contributed by atoms with Crippen LogP contribution in [0.1, 0.15) is 0 Å². The number of rotatable bonds is 3. The van der Waals surface area contributed by atoms with E-state index in [4.69, 9.17) is 9.47 Å². The molecule has 0 unspecified atom stereocenters. The van der Waals surface area contributed by atoms with Gasteiger partial charge in [0.25, 0.3) is 0 Å². The minimum absolute atomic E-state index is 0.708. The van der Waals surface area contributed by atoms with E-state index in [9.17, 15) is 0 Å². The molecule has 0 saturated heterocycles. The van der Waals surface area contributed by atoms with Crippen LogP contribution in [0.5, 0.6) is 11.5 Å². The molecule has 84 valence electrons. The molecule has 0 aliphatic heterocycles. The maximum absolute atomic E-state index is 5.37. The van der Waals surface area contributed by atoms with Gasteiger partial charge < -0.3 is 14.0 Å². The quantitative estimate of drug-likeness (QED) is 0.791. The summed E-state index contributed by atoms with van der Waals surface area (Å²) in [6.07, 6.45) is 3.66. The van der Waals surface area contributed by atoms with E-state index in [1.54, 1.807) is 20.4 Å². The topological polar surface area (TPSA) is 36.3 Å². The van der Waals surface area contributed by atoms with Crippen molar-refractivity contribution in [3.63, 3.8) is 0 Å². The SMILES string of the molecule is COc1cccc(-c2nccn2C)c1OC. The molecule has 1 aromatic carbocycles. The third-order valence-corrected chi connectivity index (χ3v) is 2.47. The predicted molar refractivity (Wildman–Crippen MR) is 61.7 cm³/mol. The Kier molecular flexibility index (Phi) is 2.81. The summed E-state index contributed by atoms with van der Waals surface area (Å²) >= 11 is 0. The van der Waals surface area contributed by atoms with Gasteiger partial charge in [-0.1, -0.05) is 6.07 Å². The lowest BCUT2D eigenvalue weighted by atomic mass is 10.1. The normalized spacial score (nSPS) is 10.2. The van der Waals surface area contributed by atoms with Crippen LogP contribution in [0.25, 0.3) is 11.4 Å². The molecule has 0 N–H and O–H groups in total. The van der Waals surface area contributed by atoms with E-state index in [-0.39, 0.29) is 0 Å². The number of aryl methyl sites for hydroxylation is 1. The van der Waals surface area contributed by atoms with Crippen molar-refractivity contribution in [1.82, 2.24) is 9.55 Å². The van der Waals surface area contributed by atoms with E-state index >= 15 is 0 Å². The van der Waals surface area contributed by atoms with Crippen molar-refractivity contribution in [2.24, 2.45) is 7.05 Å². The van der Waals surface area contributed by atoms with Crippen molar-refractivity contribution in [3.8, 4) is 22.9 Å². The van der Waals surface area contributed by atoms with Crippen LogP contribution in [0.3, 0.4) is 0 Å². The summed E-state index contributed by atoms with van der Waals surface area (Å²) in [5.74, 6) is 2.28. The van der Waals surface area contributed by atoms with Crippen LogP contribution >= 0.6 is 0 Å². The Morgan fingerprint density at radius 2 is 2.00 bits per heavy atom. The summed E-state index contributed by atoms with van der Waals surface area (Å²) in [6.45, 7) is 0. The van der Waals surface area contributed by atoms with E-state index in [2.05, 4.69) is 4.98 Å². The van der Waals surface area contributed by atoms with Gasteiger partial charge in [0.1, 0.15) is 5.82 Å². The second kappa shape index (κ2) is 4.26. The molecule has 0 saturated carbocycles. The first-order chi connectivity index (χ1) is 7.77. The molecule has 0 spiro atoms. The summed E-state index contributed by atoms with van der Waals surface area (Å²) in [4.78, 5) is 4.30. The number of benzene rings is 1. The molecule has 0 atom stereocenters. The number of para-hydroxylation sites is 1. The van der Waals surface area contributed by atoms with E-state index in [0.29, 0.717) is 11.5 Å². The fraction of sp³-hybridized carbons (Fsp3) is 0.250. The summed E-state index contributed by atoms with van der Waals surface area (Å²) in [5.41, 5.74) is 0.925. The summed E-state index contributed by atoms with van der Waals surface area (Å²) in [6, 6.07) is 5.75. The third-order valence-electron chi connectivity index (χ3n) is 2.47. The predicted octanol–water partition coefficient (Wildman–Crippen LogP) is 2.10. The van der Waals surface area contributed by atoms with E-state index < -0.39 is 0 Å². The van der Waals surface area contributed by atoms with Gasteiger partial charge in [0, 0.05) is 19.4 Å². The number of aromatic nitrogens is 2. The van der Waals surface area contributed by atoms with Crippen molar-refractivity contribution >= 4 is 0 Å². The second-order valence-electron chi connectivity index (χ2n) is 3.40. The highest BCUT2D eigenvalue weighted by atomic mass is 16.5. The fourth-order valence-electron chi connectivity index (χ4n) is 1.69. The molecule has 2 aromatic rings. The van der Waals surface area contributed by atoms with Gasteiger partial charge in [-0.05, 0) is 12.1 Å². The van der Waals surface area contributed by atoms with Crippen LogP contribution in [0.4, 0.5) is 0 Å². The summed E-state index contributed by atoms with van der Waals surface area (Å²) < 4.78 is 12.6. The molecule has 4 nitrogen and oxygen atoms in total. The first-order valence-electron chi connectivity index (χ1n) is 4.96. The average molecular weight is 218 g/mol. The Labute approximate surface area is 94.4 Å². The number of methoxy groups -OCH3 is 2. The zero-order valence-electron chi connectivity index (χ0n) is 9.60. The Morgan fingerprint density at radius 1 is 1.19 bits per heavy atom. The molecular weight excluding hydrogens is 204 g/mol. The van der Waals surface area contributed by atoms with Gasteiger partial charge in [-0.2, -0.15) is 0 Å². The zero-order chi connectivity index (χ0) is 11.5. The molecule has 0 aliphatic carbocycles. The number of imidazole rings is 1. The average Bonchev–Trinajstić information content (AvgIpc) is 2.74. The summed E-state index contributed by atoms with van der Waals surface area (Å²) in [7, 11) is 5.20. The maximum Gasteiger partial charge on any atom is 0.171 e. The largest absolute Gasteiger partial charge is 0.493 e. The number of hydrogen-bond donors (Lipinski definition) is 0. The lowest BCUT2D eigenvalue weighted by Crippen LogP contribution is -1.97. The van der Waals surface area contributed by atoms with Crippen molar-refractivity contribution < 1.29 is 9.47 Å². The minimum Gasteiger partial charge on any atom is -0.493 e. The number of nitrogens with zero attached hydrogens (tertiary/aromatic N) is 2. The first-order valence-corrected chi connectivity index (χ1v) is 4.96. The molecule has 2 rings (SSSR count). The lowest BCUT2D eigenvalue weighted by molar-refractivity contribution is 0.356. The third kappa shape index (κ3) is 1.62. The Hall–Kier alpha value is -1.97. The Bertz CT molecular complexity index is 492. The molecule has 0 bridgehead atoms. The highest BCUT2D eigenvalue weighted by molar-refractivity contribution is 5.69. The lowest BCUT2D eigenvalue weighted by Gasteiger charge is -2.12. The second-order valence-corrected chi connectivity index (χ2v) is 3.40. The van der Waals surface area contributed by atoms with Gasteiger partial charge in [0.15, 0.2) is 11.5 Å². The Balaban J connectivity index is 2.61. The van der Waals surface area contributed by atoms with Crippen LogP contribution in [0.15, 0.2) is 30.6 Å². The fourth-order valence-corrected chi connectivity index (χ4v) is 1.69. The van der Waals surface area contributed by atoms with Crippen LogP contribution < -0.4 is 9.47 Å². The molecule has 16 heavy (non-hydrogen) atoms. The standard InChI is InChI=1S/C12H14N2O2/c1-14-8-7-13-12(14)9-5-4-6-10(15-2)11(9)16-3/h4-8H,1-3H3. The molecule has 0 aliphatic rings.